The molecule has 33 heavy (non-hydrogen) atoms. The summed E-state index contributed by atoms with van der Waals surface area (Å²) in [4.78, 5) is 33.6. The van der Waals surface area contributed by atoms with Crippen molar-refractivity contribution < 1.29 is 13.9 Å². The van der Waals surface area contributed by atoms with E-state index in [0.717, 1.165) is 27.7 Å². The van der Waals surface area contributed by atoms with Crippen molar-refractivity contribution in [1.29, 1.82) is 0 Å². The van der Waals surface area contributed by atoms with Crippen LogP contribution in [0, 0.1) is 13.8 Å². The van der Waals surface area contributed by atoms with Crippen LogP contribution in [0.1, 0.15) is 27.4 Å². The van der Waals surface area contributed by atoms with E-state index >= 15 is 0 Å². The number of H-pyrrole nitrogens is 1. The zero-order valence-electron chi connectivity index (χ0n) is 18.3. The number of hydrogen-bond acceptors (Lipinski definition) is 6. The highest BCUT2D eigenvalue weighted by atomic mass is 32.2. The molecule has 3 aromatic heterocycles. The van der Waals surface area contributed by atoms with Gasteiger partial charge in [-0.15, -0.1) is 0 Å². The van der Waals surface area contributed by atoms with Crippen LogP contribution in [0.2, 0.25) is 0 Å². The molecule has 8 heteroatoms. The van der Waals surface area contributed by atoms with Crippen LogP contribution in [-0.2, 0) is 10.5 Å². The Morgan fingerprint density at radius 2 is 1.94 bits per heavy atom. The van der Waals surface area contributed by atoms with E-state index in [9.17, 15) is 9.59 Å². The molecule has 0 aliphatic carbocycles. The van der Waals surface area contributed by atoms with Gasteiger partial charge in [-0.1, -0.05) is 42.1 Å². The maximum atomic E-state index is 13.7. The van der Waals surface area contributed by atoms with Crippen LogP contribution in [0.4, 0.5) is 0 Å². The molecule has 0 atom stereocenters. The number of esters is 1. The van der Waals surface area contributed by atoms with Gasteiger partial charge in [0.05, 0.1) is 18.6 Å². The lowest BCUT2D eigenvalue weighted by molar-refractivity contribution is 0.0563. The zero-order valence-corrected chi connectivity index (χ0v) is 19.2. The minimum Gasteiger partial charge on any atom is -0.463 e. The minimum absolute atomic E-state index is 0.139. The van der Waals surface area contributed by atoms with Crippen molar-refractivity contribution in [1.82, 2.24) is 14.5 Å². The number of benzene rings is 2. The Hall–Kier alpha value is -3.78. The summed E-state index contributed by atoms with van der Waals surface area (Å²) in [6, 6.07) is 16.9. The predicted molar refractivity (Wildman–Crippen MR) is 128 cm³/mol. The summed E-state index contributed by atoms with van der Waals surface area (Å²) in [6.07, 6.45) is 0. The van der Waals surface area contributed by atoms with Crippen molar-refractivity contribution in [2.75, 3.05) is 7.11 Å². The Labute approximate surface area is 193 Å². The first kappa shape index (κ1) is 21.1. The number of nitrogens with one attached hydrogen (secondary N) is 1. The number of rotatable bonds is 5. The number of ether oxygens (including phenoxy) is 1. The molecule has 1 N–H and O–H groups in total. The first-order valence-electron chi connectivity index (χ1n) is 10.4. The molecule has 0 fully saturated rings. The number of fused-ring (bicyclic) bond motifs is 3. The van der Waals surface area contributed by atoms with Crippen LogP contribution in [0.25, 0.3) is 27.6 Å². The Balaban J connectivity index is 1.67. The molecule has 7 nitrogen and oxygen atoms in total. The molecule has 5 rings (SSSR count). The third-order valence-corrected chi connectivity index (χ3v) is 6.66. The second-order valence-corrected chi connectivity index (χ2v) is 8.64. The molecule has 0 amide bonds. The highest BCUT2D eigenvalue weighted by molar-refractivity contribution is 7.98. The van der Waals surface area contributed by atoms with Crippen LogP contribution in [0.3, 0.4) is 0 Å². The lowest BCUT2D eigenvalue weighted by Gasteiger charge is -2.15. The van der Waals surface area contributed by atoms with Crippen molar-refractivity contribution >= 4 is 39.7 Å². The summed E-state index contributed by atoms with van der Waals surface area (Å²) < 4.78 is 12.0. The van der Waals surface area contributed by atoms with E-state index in [1.54, 1.807) is 16.7 Å². The Kier molecular flexibility index (Phi) is 5.30. The zero-order chi connectivity index (χ0) is 23.1. The number of aryl methyl sites for hydroxylation is 1. The first-order chi connectivity index (χ1) is 16.0. The minimum atomic E-state index is -0.531. The standard InChI is InChI=1S/C25H21N3O4S/c1-14-7-6-10-19(15(14)2)28-23(29)22-21(17-8-4-5-9-18(17)26-22)27-25(28)33-13-16-11-12-20(32-16)24(30)31-3/h4-12,26H,13H2,1-3H3. The van der Waals surface area contributed by atoms with E-state index in [4.69, 9.17) is 14.1 Å². The molecule has 3 heterocycles. The fourth-order valence-corrected chi connectivity index (χ4v) is 4.72. The van der Waals surface area contributed by atoms with Crippen LogP contribution in [-0.4, -0.2) is 27.6 Å². The number of methoxy groups -OCH3 is 1. The quantitative estimate of drug-likeness (QED) is 0.222. The molecule has 0 bridgehead atoms. The van der Waals surface area contributed by atoms with Crippen LogP contribution >= 0.6 is 11.8 Å². The molecule has 0 saturated carbocycles. The van der Waals surface area contributed by atoms with Crippen molar-refractivity contribution in [3.05, 3.63) is 87.6 Å². The summed E-state index contributed by atoms with van der Waals surface area (Å²) in [7, 11) is 1.31. The second-order valence-electron chi connectivity index (χ2n) is 7.69. The molecule has 166 valence electrons. The number of furan rings is 1. The van der Waals surface area contributed by atoms with E-state index in [-0.39, 0.29) is 11.3 Å². The maximum absolute atomic E-state index is 13.7. The first-order valence-corrected chi connectivity index (χ1v) is 11.4. The molecular weight excluding hydrogens is 438 g/mol. The van der Waals surface area contributed by atoms with Gasteiger partial charge >= 0.3 is 5.97 Å². The second kappa shape index (κ2) is 8.29. The highest BCUT2D eigenvalue weighted by Gasteiger charge is 2.19. The highest BCUT2D eigenvalue weighted by Crippen LogP contribution is 2.29. The van der Waals surface area contributed by atoms with E-state index < -0.39 is 5.97 Å². The summed E-state index contributed by atoms with van der Waals surface area (Å²) in [5.74, 6) is 0.584. The fourth-order valence-electron chi connectivity index (χ4n) is 3.83. The van der Waals surface area contributed by atoms with E-state index in [1.807, 2.05) is 56.3 Å². The van der Waals surface area contributed by atoms with Gasteiger partial charge in [0, 0.05) is 10.9 Å². The Morgan fingerprint density at radius 1 is 1.12 bits per heavy atom. The lowest BCUT2D eigenvalue weighted by Crippen LogP contribution is -2.22. The monoisotopic (exact) mass is 459 g/mol. The summed E-state index contributed by atoms with van der Waals surface area (Å²) in [5, 5.41) is 1.44. The number of aromatic nitrogens is 3. The SMILES string of the molecule is COC(=O)c1ccc(CSc2nc3c([nH]c4ccccc43)c(=O)n2-c2cccc(C)c2C)o1. The fraction of sp³-hybridized carbons (Fsp3) is 0.160. The number of para-hydroxylation sites is 1. The number of carbonyl (C=O) groups excluding carboxylic acids is 1. The predicted octanol–water partition coefficient (Wildman–Crippen LogP) is 5.16. The Bertz CT molecular complexity index is 1580. The van der Waals surface area contributed by atoms with Crippen molar-refractivity contribution in [2.45, 2.75) is 24.8 Å². The van der Waals surface area contributed by atoms with E-state index in [0.29, 0.717) is 27.7 Å². The van der Waals surface area contributed by atoms with Gasteiger partial charge in [-0.2, -0.15) is 0 Å². The molecule has 5 aromatic rings. The Morgan fingerprint density at radius 3 is 2.76 bits per heavy atom. The van der Waals surface area contributed by atoms with Gasteiger partial charge in [0.15, 0.2) is 5.16 Å². The number of aromatic amines is 1. The molecule has 0 aliphatic rings. The average molecular weight is 460 g/mol. The molecule has 0 spiro atoms. The third-order valence-electron chi connectivity index (χ3n) is 5.70. The van der Waals surface area contributed by atoms with Gasteiger partial charge in [-0.05, 0) is 49.2 Å². The maximum Gasteiger partial charge on any atom is 0.373 e. The molecule has 2 aromatic carbocycles. The van der Waals surface area contributed by atoms with Gasteiger partial charge in [0.25, 0.3) is 5.56 Å². The van der Waals surface area contributed by atoms with Crippen LogP contribution in [0.15, 0.2) is 69.0 Å². The molecule has 0 saturated heterocycles. The molecule has 0 radical (unpaired) electrons. The lowest BCUT2D eigenvalue weighted by atomic mass is 10.1. The summed E-state index contributed by atoms with van der Waals surface area (Å²) in [6.45, 7) is 4.01. The number of carbonyl (C=O) groups is 1. The third kappa shape index (κ3) is 3.62. The van der Waals surface area contributed by atoms with Gasteiger partial charge in [0.1, 0.15) is 16.8 Å². The van der Waals surface area contributed by atoms with Crippen molar-refractivity contribution in [2.24, 2.45) is 0 Å². The van der Waals surface area contributed by atoms with Gasteiger partial charge < -0.3 is 14.1 Å². The van der Waals surface area contributed by atoms with E-state index in [1.165, 1.54) is 18.9 Å². The molecular formula is C25H21N3O4S. The smallest absolute Gasteiger partial charge is 0.373 e. The number of thioether (sulfide) groups is 1. The van der Waals surface area contributed by atoms with Crippen molar-refractivity contribution in [3.63, 3.8) is 0 Å². The molecule has 0 aliphatic heterocycles. The summed E-state index contributed by atoms with van der Waals surface area (Å²) in [5.41, 5.74) is 4.67. The number of hydrogen-bond donors (Lipinski definition) is 1. The van der Waals surface area contributed by atoms with Gasteiger partial charge in [-0.25, -0.2) is 9.78 Å². The number of nitrogens with zero attached hydrogens (tertiary/aromatic N) is 2. The molecule has 0 unspecified atom stereocenters. The largest absolute Gasteiger partial charge is 0.463 e. The normalized spacial score (nSPS) is 11.4. The summed E-state index contributed by atoms with van der Waals surface area (Å²) >= 11 is 1.38. The van der Waals surface area contributed by atoms with Gasteiger partial charge in [-0.3, -0.25) is 9.36 Å². The van der Waals surface area contributed by atoms with Crippen LogP contribution < -0.4 is 5.56 Å². The van der Waals surface area contributed by atoms with Crippen molar-refractivity contribution in [3.8, 4) is 5.69 Å². The van der Waals surface area contributed by atoms with Crippen LogP contribution in [0.5, 0.6) is 0 Å². The van der Waals surface area contributed by atoms with Gasteiger partial charge in [0.2, 0.25) is 5.76 Å². The van der Waals surface area contributed by atoms with E-state index in [2.05, 4.69) is 4.98 Å². The topological polar surface area (TPSA) is 90.1 Å². The average Bonchev–Trinajstić information content (AvgIpc) is 3.45.